The number of aromatic nitrogens is 2. The molecule has 0 saturated carbocycles. The van der Waals surface area contributed by atoms with Crippen LogP contribution in [-0.4, -0.2) is 73.1 Å². The van der Waals surface area contributed by atoms with Crippen LogP contribution in [0.25, 0.3) is 0 Å². The molecule has 0 aliphatic carbocycles. The first-order valence-corrected chi connectivity index (χ1v) is 8.37. The quantitative estimate of drug-likeness (QED) is 0.587. The minimum absolute atomic E-state index is 0.0109. The highest BCUT2D eigenvalue weighted by molar-refractivity contribution is 5.84. The van der Waals surface area contributed by atoms with Crippen molar-refractivity contribution in [2.24, 2.45) is 4.99 Å². The Morgan fingerprint density at radius 3 is 2.58 bits per heavy atom. The molecule has 1 saturated heterocycles. The van der Waals surface area contributed by atoms with Gasteiger partial charge in [0.1, 0.15) is 6.54 Å². The van der Waals surface area contributed by atoms with Crippen molar-refractivity contribution < 1.29 is 4.79 Å². The Labute approximate surface area is 143 Å². The molecule has 1 fully saturated rings. The van der Waals surface area contributed by atoms with Gasteiger partial charge in [-0.2, -0.15) is 0 Å². The summed E-state index contributed by atoms with van der Waals surface area (Å²) in [7, 11) is 3.47. The lowest BCUT2D eigenvalue weighted by atomic mass is 10.1. The lowest BCUT2D eigenvalue weighted by Crippen LogP contribution is -2.49. The smallest absolute Gasteiger partial charge is 0.243 e. The standard InChI is InChI=1S/C16H27N7O/c1-4-17-15(20-12-14(24)22(2)3)21-13-6-10-23(11-7-13)16-18-8-5-9-19-16/h5,8-9,13H,4,6-7,10-12H2,1-3H3,(H2,17,20,21). The third-order valence-electron chi connectivity index (χ3n) is 3.89. The maximum atomic E-state index is 11.7. The van der Waals surface area contributed by atoms with Gasteiger partial charge in [-0.05, 0) is 25.8 Å². The number of guanidine groups is 1. The van der Waals surface area contributed by atoms with Gasteiger partial charge in [0.2, 0.25) is 11.9 Å². The second kappa shape index (κ2) is 9.05. The fourth-order valence-corrected chi connectivity index (χ4v) is 2.48. The zero-order chi connectivity index (χ0) is 17.4. The summed E-state index contributed by atoms with van der Waals surface area (Å²) >= 11 is 0. The molecule has 2 heterocycles. The third kappa shape index (κ3) is 5.36. The number of carbonyl (C=O) groups excluding carboxylic acids is 1. The highest BCUT2D eigenvalue weighted by atomic mass is 16.2. The SMILES string of the molecule is CCNC(=NCC(=O)N(C)C)NC1CCN(c2ncccn2)CC1. The average molecular weight is 333 g/mol. The molecule has 2 N–H and O–H groups in total. The molecule has 0 radical (unpaired) electrons. The number of hydrogen-bond acceptors (Lipinski definition) is 5. The molecule has 132 valence electrons. The van der Waals surface area contributed by atoms with Crippen molar-refractivity contribution in [3.63, 3.8) is 0 Å². The summed E-state index contributed by atoms with van der Waals surface area (Å²) < 4.78 is 0. The monoisotopic (exact) mass is 333 g/mol. The van der Waals surface area contributed by atoms with Crippen molar-refractivity contribution in [1.29, 1.82) is 0 Å². The van der Waals surface area contributed by atoms with E-state index in [4.69, 9.17) is 0 Å². The number of amides is 1. The van der Waals surface area contributed by atoms with Crippen LogP contribution in [-0.2, 0) is 4.79 Å². The van der Waals surface area contributed by atoms with Gasteiger partial charge in [0.25, 0.3) is 0 Å². The molecule has 1 aromatic heterocycles. The predicted molar refractivity (Wildman–Crippen MR) is 95.1 cm³/mol. The fourth-order valence-electron chi connectivity index (χ4n) is 2.48. The molecular weight excluding hydrogens is 306 g/mol. The average Bonchev–Trinajstić information content (AvgIpc) is 2.61. The van der Waals surface area contributed by atoms with E-state index in [1.165, 1.54) is 0 Å². The molecule has 1 aliphatic heterocycles. The first-order valence-electron chi connectivity index (χ1n) is 8.37. The van der Waals surface area contributed by atoms with Crippen molar-refractivity contribution >= 4 is 17.8 Å². The molecule has 0 bridgehead atoms. The van der Waals surface area contributed by atoms with E-state index in [-0.39, 0.29) is 12.5 Å². The number of nitrogens with one attached hydrogen (secondary N) is 2. The summed E-state index contributed by atoms with van der Waals surface area (Å²) in [5.74, 6) is 1.47. The summed E-state index contributed by atoms with van der Waals surface area (Å²) in [6.07, 6.45) is 5.49. The van der Waals surface area contributed by atoms with Gasteiger partial charge in [0.15, 0.2) is 5.96 Å². The molecule has 2 rings (SSSR count). The van der Waals surface area contributed by atoms with Crippen LogP contribution >= 0.6 is 0 Å². The van der Waals surface area contributed by atoms with E-state index < -0.39 is 0 Å². The van der Waals surface area contributed by atoms with E-state index in [0.29, 0.717) is 12.0 Å². The number of hydrogen-bond donors (Lipinski definition) is 2. The number of piperidine rings is 1. The number of carbonyl (C=O) groups is 1. The molecule has 1 aliphatic rings. The summed E-state index contributed by atoms with van der Waals surface area (Å²) in [6.45, 7) is 4.73. The zero-order valence-corrected chi connectivity index (χ0v) is 14.7. The highest BCUT2D eigenvalue weighted by Gasteiger charge is 2.21. The van der Waals surface area contributed by atoms with E-state index in [9.17, 15) is 4.79 Å². The summed E-state index contributed by atoms with van der Waals surface area (Å²) in [5, 5.41) is 6.62. The Morgan fingerprint density at radius 2 is 2.00 bits per heavy atom. The second-order valence-corrected chi connectivity index (χ2v) is 5.94. The van der Waals surface area contributed by atoms with Crippen molar-refractivity contribution in [2.45, 2.75) is 25.8 Å². The molecule has 0 unspecified atom stereocenters. The van der Waals surface area contributed by atoms with Gasteiger partial charge in [-0.1, -0.05) is 0 Å². The number of aliphatic imine (C=N–C) groups is 1. The minimum atomic E-state index is -0.0109. The van der Waals surface area contributed by atoms with Crippen LogP contribution in [0.1, 0.15) is 19.8 Å². The lowest BCUT2D eigenvalue weighted by Gasteiger charge is -2.33. The first kappa shape index (κ1) is 18.0. The molecule has 8 heteroatoms. The largest absolute Gasteiger partial charge is 0.357 e. The highest BCUT2D eigenvalue weighted by Crippen LogP contribution is 2.15. The van der Waals surface area contributed by atoms with Gasteiger partial charge >= 0.3 is 0 Å². The normalized spacial score (nSPS) is 16.0. The van der Waals surface area contributed by atoms with Crippen molar-refractivity contribution in [2.75, 3.05) is 45.2 Å². The van der Waals surface area contributed by atoms with E-state index in [2.05, 4.69) is 30.5 Å². The lowest BCUT2D eigenvalue weighted by molar-refractivity contribution is -0.127. The van der Waals surface area contributed by atoms with Crippen molar-refractivity contribution in [3.8, 4) is 0 Å². The number of nitrogens with zero attached hydrogens (tertiary/aromatic N) is 5. The van der Waals surface area contributed by atoms with Crippen molar-refractivity contribution in [1.82, 2.24) is 25.5 Å². The van der Waals surface area contributed by atoms with Gasteiger partial charge in [0.05, 0.1) is 0 Å². The van der Waals surface area contributed by atoms with Crippen molar-refractivity contribution in [3.05, 3.63) is 18.5 Å². The van der Waals surface area contributed by atoms with Crippen LogP contribution in [0, 0.1) is 0 Å². The van der Waals surface area contributed by atoms with E-state index in [1.54, 1.807) is 31.4 Å². The Balaban J connectivity index is 1.85. The third-order valence-corrected chi connectivity index (χ3v) is 3.89. The van der Waals surface area contributed by atoms with Crippen LogP contribution < -0.4 is 15.5 Å². The van der Waals surface area contributed by atoms with Crippen LogP contribution in [0.5, 0.6) is 0 Å². The van der Waals surface area contributed by atoms with Gasteiger partial charge in [-0.3, -0.25) is 4.79 Å². The van der Waals surface area contributed by atoms with Crippen LogP contribution in [0.3, 0.4) is 0 Å². The molecule has 24 heavy (non-hydrogen) atoms. The van der Waals surface area contributed by atoms with Gasteiger partial charge in [0, 0.05) is 52.2 Å². The second-order valence-electron chi connectivity index (χ2n) is 5.94. The van der Waals surface area contributed by atoms with Gasteiger partial charge < -0.3 is 20.4 Å². The van der Waals surface area contributed by atoms with Crippen LogP contribution in [0.15, 0.2) is 23.5 Å². The molecule has 1 aromatic rings. The molecule has 8 nitrogen and oxygen atoms in total. The van der Waals surface area contributed by atoms with E-state index in [0.717, 1.165) is 38.4 Å². The fraction of sp³-hybridized carbons (Fsp3) is 0.625. The van der Waals surface area contributed by atoms with Crippen LogP contribution in [0.4, 0.5) is 5.95 Å². The summed E-state index contributed by atoms with van der Waals surface area (Å²) in [4.78, 5) is 28.4. The van der Waals surface area contributed by atoms with Gasteiger partial charge in [-0.25, -0.2) is 15.0 Å². The molecule has 0 atom stereocenters. The summed E-state index contributed by atoms with van der Waals surface area (Å²) in [6, 6.07) is 2.16. The Morgan fingerprint density at radius 1 is 1.33 bits per heavy atom. The van der Waals surface area contributed by atoms with Crippen LogP contribution in [0.2, 0.25) is 0 Å². The predicted octanol–water partition coefficient (Wildman–Crippen LogP) is 0.0887. The molecule has 1 amide bonds. The minimum Gasteiger partial charge on any atom is -0.357 e. The van der Waals surface area contributed by atoms with E-state index in [1.807, 2.05) is 13.0 Å². The number of likely N-dealkylation sites (N-methyl/N-ethyl adjacent to an activating group) is 1. The maximum Gasteiger partial charge on any atom is 0.243 e. The number of rotatable bonds is 5. The Bertz CT molecular complexity index is 539. The van der Waals surface area contributed by atoms with Gasteiger partial charge in [-0.15, -0.1) is 0 Å². The maximum absolute atomic E-state index is 11.7. The molecule has 0 aromatic carbocycles. The number of anilines is 1. The Hall–Kier alpha value is -2.38. The first-order chi connectivity index (χ1) is 11.6. The zero-order valence-electron chi connectivity index (χ0n) is 14.7. The molecule has 0 spiro atoms. The topological polar surface area (TPSA) is 85.8 Å². The van der Waals surface area contributed by atoms with E-state index >= 15 is 0 Å². The Kier molecular flexibility index (Phi) is 6.77. The summed E-state index contributed by atoms with van der Waals surface area (Å²) in [5.41, 5.74) is 0. The molecular formula is C16H27N7O.